The first kappa shape index (κ1) is 20.5. The maximum absolute atomic E-state index is 12.6. The van der Waals surface area contributed by atoms with Crippen molar-refractivity contribution in [2.75, 3.05) is 17.2 Å². The molecule has 10 heteroatoms. The number of hydrogen-bond acceptors (Lipinski definition) is 5. The highest BCUT2D eigenvalue weighted by Gasteiger charge is 2.10. The Morgan fingerprint density at radius 1 is 1.07 bits per heavy atom. The van der Waals surface area contributed by atoms with Gasteiger partial charge in [-0.15, -0.1) is 0 Å². The number of nitrogens with zero attached hydrogens (tertiary/aromatic N) is 2. The lowest BCUT2D eigenvalue weighted by molar-refractivity contribution is -0.117. The van der Waals surface area contributed by atoms with Crippen LogP contribution >= 0.6 is 0 Å². The third-order valence-electron chi connectivity index (χ3n) is 4.22. The topological polar surface area (TPSA) is 148 Å². The summed E-state index contributed by atoms with van der Waals surface area (Å²) in [6, 6.07) is 10.7. The zero-order valence-electron chi connectivity index (χ0n) is 16.1. The van der Waals surface area contributed by atoms with Gasteiger partial charge in [-0.1, -0.05) is 6.07 Å². The molecule has 1 aromatic heterocycles. The van der Waals surface area contributed by atoms with Gasteiger partial charge in [-0.2, -0.15) is 0 Å². The Kier molecular flexibility index (Phi) is 6.06. The number of rotatable bonds is 6. The molecule has 0 saturated carbocycles. The number of hydrogen-bond donors (Lipinski definition) is 4. The van der Waals surface area contributed by atoms with Crippen LogP contribution in [-0.2, 0) is 11.8 Å². The highest BCUT2D eigenvalue weighted by Crippen LogP contribution is 2.17. The van der Waals surface area contributed by atoms with Crippen molar-refractivity contribution in [3.63, 3.8) is 0 Å². The average molecular weight is 408 g/mol. The largest absolute Gasteiger partial charge is 0.370 e. The molecule has 0 aliphatic rings. The van der Waals surface area contributed by atoms with Gasteiger partial charge in [0, 0.05) is 37.0 Å². The van der Waals surface area contributed by atoms with Crippen molar-refractivity contribution in [2.45, 2.75) is 6.42 Å². The summed E-state index contributed by atoms with van der Waals surface area (Å²) in [6.07, 6.45) is 1.44. The van der Waals surface area contributed by atoms with Crippen LogP contribution in [0.4, 0.5) is 16.2 Å². The quantitative estimate of drug-likeness (QED) is 0.483. The van der Waals surface area contributed by atoms with E-state index < -0.39 is 11.9 Å². The summed E-state index contributed by atoms with van der Waals surface area (Å²) >= 11 is 0. The van der Waals surface area contributed by atoms with Crippen molar-refractivity contribution in [3.05, 3.63) is 64.7 Å². The van der Waals surface area contributed by atoms with E-state index in [1.54, 1.807) is 49.5 Å². The highest BCUT2D eigenvalue weighted by atomic mass is 16.2. The number of aryl methyl sites for hydroxylation is 1. The van der Waals surface area contributed by atoms with Crippen molar-refractivity contribution in [2.24, 2.45) is 12.8 Å². The molecule has 3 aromatic rings. The van der Waals surface area contributed by atoms with Crippen LogP contribution in [0.25, 0.3) is 10.9 Å². The molecule has 0 atom stereocenters. The van der Waals surface area contributed by atoms with Crippen LogP contribution in [0.5, 0.6) is 0 Å². The van der Waals surface area contributed by atoms with E-state index in [4.69, 9.17) is 5.73 Å². The zero-order chi connectivity index (χ0) is 21.7. The predicted octanol–water partition coefficient (Wildman–Crippen LogP) is 1.18. The standard InChI is InChI=1S/C20H20N6O4/c1-26-11-23-16-9-12(5-6-15(16)19(26)29)18(28)24-13-3-2-4-14(10-13)25-20(30)22-8-7-17(21)27/h2-6,9-11H,7-8H2,1H3,(H2,21,27)(H,24,28)(H2,22,25,30). The number of carbonyl (C=O) groups is 3. The Morgan fingerprint density at radius 2 is 1.80 bits per heavy atom. The molecule has 1 heterocycles. The monoisotopic (exact) mass is 408 g/mol. The summed E-state index contributed by atoms with van der Waals surface area (Å²) in [5.74, 6) is -0.897. The van der Waals surface area contributed by atoms with Gasteiger partial charge in [0.1, 0.15) is 0 Å². The maximum atomic E-state index is 12.6. The van der Waals surface area contributed by atoms with Gasteiger partial charge in [0.2, 0.25) is 5.91 Å². The molecule has 30 heavy (non-hydrogen) atoms. The second-order valence-electron chi connectivity index (χ2n) is 6.52. The number of nitrogens with one attached hydrogen (secondary N) is 3. The van der Waals surface area contributed by atoms with E-state index in [0.717, 1.165) is 0 Å². The van der Waals surface area contributed by atoms with Crippen molar-refractivity contribution in [3.8, 4) is 0 Å². The summed E-state index contributed by atoms with van der Waals surface area (Å²) in [7, 11) is 1.61. The number of benzene rings is 2. The molecule has 0 radical (unpaired) electrons. The second kappa shape index (κ2) is 8.86. The molecule has 5 N–H and O–H groups in total. The fourth-order valence-corrected chi connectivity index (χ4v) is 2.70. The minimum Gasteiger partial charge on any atom is -0.370 e. The zero-order valence-corrected chi connectivity index (χ0v) is 16.1. The summed E-state index contributed by atoms with van der Waals surface area (Å²) in [5, 5.41) is 8.26. The predicted molar refractivity (Wildman–Crippen MR) is 112 cm³/mol. The van der Waals surface area contributed by atoms with Gasteiger partial charge in [0.05, 0.1) is 17.2 Å². The summed E-state index contributed by atoms with van der Waals surface area (Å²) in [4.78, 5) is 51.4. The van der Waals surface area contributed by atoms with Crippen LogP contribution < -0.4 is 27.2 Å². The third-order valence-corrected chi connectivity index (χ3v) is 4.22. The van der Waals surface area contributed by atoms with Gasteiger partial charge in [-0.05, 0) is 36.4 Å². The van der Waals surface area contributed by atoms with E-state index >= 15 is 0 Å². The number of fused-ring (bicyclic) bond motifs is 1. The fourth-order valence-electron chi connectivity index (χ4n) is 2.70. The highest BCUT2D eigenvalue weighted by molar-refractivity contribution is 6.06. The minimum atomic E-state index is -0.510. The van der Waals surface area contributed by atoms with Gasteiger partial charge in [0.25, 0.3) is 11.5 Å². The van der Waals surface area contributed by atoms with Crippen molar-refractivity contribution in [1.82, 2.24) is 14.9 Å². The second-order valence-corrected chi connectivity index (χ2v) is 6.52. The van der Waals surface area contributed by atoms with Gasteiger partial charge >= 0.3 is 6.03 Å². The van der Waals surface area contributed by atoms with E-state index in [9.17, 15) is 19.2 Å². The van der Waals surface area contributed by atoms with E-state index in [0.29, 0.717) is 27.8 Å². The lowest BCUT2D eigenvalue weighted by atomic mass is 10.1. The summed E-state index contributed by atoms with van der Waals surface area (Å²) in [5.41, 5.74) is 6.50. The van der Waals surface area contributed by atoms with Crippen LogP contribution in [0.15, 0.2) is 53.6 Å². The Balaban J connectivity index is 1.68. The first-order chi connectivity index (χ1) is 14.3. The lowest BCUT2D eigenvalue weighted by Crippen LogP contribution is -2.31. The van der Waals surface area contributed by atoms with Crippen LogP contribution in [0.1, 0.15) is 16.8 Å². The van der Waals surface area contributed by atoms with E-state index in [1.165, 1.54) is 10.9 Å². The third kappa shape index (κ3) is 4.98. The number of amides is 4. The molecule has 0 aliphatic carbocycles. The van der Waals surface area contributed by atoms with Crippen molar-refractivity contribution < 1.29 is 14.4 Å². The van der Waals surface area contributed by atoms with Gasteiger partial charge in [-0.25, -0.2) is 9.78 Å². The average Bonchev–Trinajstić information content (AvgIpc) is 2.70. The summed E-state index contributed by atoms with van der Waals surface area (Å²) in [6.45, 7) is 0.122. The Hall–Kier alpha value is -4.21. The van der Waals surface area contributed by atoms with Crippen LogP contribution in [0.2, 0.25) is 0 Å². The molecule has 3 rings (SSSR count). The number of nitrogens with two attached hydrogens (primary N) is 1. The molecule has 0 fully saturated rings. The smallest absolute Gasteiger partial charge is 0.319 e. The molecular formula is C20H20N6O4. The molecule has 0 saturated heterocycles. The summed E-state index contributed by atoms with van der Waals surface area (Å²) < 4.78 is 1.37. The van der Waals surface area contributed by atoms with Crippen LogP contribution in [0, 0.1) is 0 Å². The van der Waals surface area contributed by atoms with Crippen LogP contribution in [0.3, 0.4) is 0 Å². The number of anilines is 2. The van der Waals surface area contributed by atoms with Crippen LogP contribution in [-0.4, -0.2) is 33.9 Å². The molecule has 0 bridgehead atoms. The van der Waals surface area contributed by atoms with Gasteiger partial charge in [0.15, 0.2) is 0 Å². The van der Waals surface area contributed by atoms with E-state index in [1.807, 2.05) is 0 Å². The molecule has 154 valence electrons. The number of primary amides is 1. The Labute approximate surface area is 171 Å². The molecular weight excluding hydrogens is 388 g/mol. The number of urea groups is 1. The molecule has 10 nitrogen and oxygen atoms in total. The number of aromatic nitrogens is 2. The molecule has 0 unspecified atom stereocenters. The van der Waals surface area contributed by atoms with Gasteiger partial charge < -0.3 is 26.3 Å². The normalized spacial score (nSPS) is 10.4. The molecule has 2 aromatic carbocycles. The molecule has 0 spiro atoms. The maximum Gasteiger partial charge on any atom is 0.319 e. The van der Waals surface area contributed by atoms with Gasteiger partial charge in [-0.3, -0.25) is 14.4 Å². The SMILES string of the molecule is Cn1cnc2cc(C(=O)Nc3cccc(NC(=O)NCCC(N)=O)c3)ccc2c1=O. The Bertz CT molecular complexity index is 1190. The molecule has 4 amide bonds. The van der Waals surface area contributed by atoms with E-state index in [-0.39, 0.29) is 24.4 Å². The Morgan fingerprint density at radius 3 is 2.53 bits per heavy atom. The number of carbonyl (C=O) groups excluding carboxylic acids is 3. The minimum absolute atomic E-state index is 0.0379. The van der Waals surface area contributed by atoms with E-state index in [2.05, 4.69) is 20.9 Å². The van der Waals surface area contributed by atoms with Crippen molar-refractivity contribution >= 4 is 40.1 Å². The first-order valence-electron chi connectivity index (χ1n) is 9.03. The first-order valence-corrected chi connectivity index (χ1v) is 9.03. The van der Waals surface area contributed by atoms with Crippen molar-refractivity contribution in [1.29, 1.82) is 0 Å². The fraction of sp³-hybridized carbons (Fsp3) is 0.150. The lowest BCUT2D eigenvalue weighted by Gasteiger charge is -2.10. The molecule has 0 aliphatic heterocycles.